The largest absolute Gasteiger partial charge is 0.495 e. The standard InChI is InChI=1S/C20H19N3O3S/c1-26-18-7-3-2-6-17(18)23-19(24)14-8-10-15(11-9-14)22-20(25)21-13-16-5-4-12-27-16/h2-12H,13H2,1H3,(H,23,24)(H2,21,22,25). The molecule has 0 fully saturated rings. The van der Waals surface area contributed by atoms with Gasteiger partial charge in [-0.2, -0.15) is 0 Å². The number of carbonyl (C=O) groups is 2. The molecule has 0 saturated heterocycles. The third-order valence-electron chi connectivity index (χ3n) is 3.76. The van der Waals surface area contributed by atoms with Crippen molar-refractivity contribution >= 4 is 34.6 Å². The number of ether oxygens (including phenoxy) is 1. The Morgan fingerprint density at radius 2 is 1.74 bits per heavy atom. The predicted molar refractivity (Wildman–Crippen MR) is 108 cm³/mol. The second kappa shape index (κ2) is 8.86. The number of hydrogen-bond donors (Lipinski definition) is 3. The lowest BCUT2D eigenvalue weighted by atomic mass is 10.2. The van der Waals surface area contributed by atoms with Crippen molar-refractivity contribution in [3.8, 4) is 5.75 Å². The first-order valence-electron chi connectivity index (χ1n) is 8.27. The minimum atomic E-state index is -0.297. The van der Waals surface area contributed by atoms with Crippen LogP contribution in [-0.2, 0) is 6.54 Å². The number of carbonyl (C=O) groups excluding carboxylic acids is 2. The first-order chi connectivity index (χ1) is 13.2. The van der Waals surface area contributed by atoms with Crippen molar-refractivity contribution in [3.05, 3.63) is 76.5 Å². The van der Waals surface area contributed by atoms with Gasteiger partial charge < -0.3 is 20.7 Å². The summed E-state index contributed by atoms with van der Waals surface area (Å²) in [4.78, 5) is 25.4. The molecule has 3 amide bonds. The van der Waals surface area contributed by atoms with Gasteiger partial charge in [0.15, 0.2) is 0 Å². The zero-order valence-electron chi connectivity index (χ0n) is 14.7. The van der Waals surface area contributed by atoms with Crippen LogP contribution in [0, 0.1) is 0 Å². The maximum atomic E-state index is 12.4. The van der Waals surface area contributed by atoms with Crippen LogP contribution in [0.5, 0.6) is 5.75 Å². The Balaban J connectivity index is 1.56. The van der Waals surface area contributed by atoms with Crippen LogP contribution in [0.15, 0.2) is 66.0 Å². The summed E-state index contributed by atoms with van der Waals surface area (Å²) in [5.74, 6) is 0.333. The number of anilines is 2. The van der Waals surface area contributed by atoms with Gasteiger partial charge in [-0.05, 0) is 47.8 Å². The quantitative estimate of drug-likeness (QED) is 0.595. The molecule has 3 rings (SSSR count). The summed E-state index contributed by atoms with van der Waals surface area (Å²) in [6.45, 7) is 0.475. The molecule has 7 heteroatoms. The summed E-state index contributed by atoms with van der Waals surface area (Å²) in [7, 11) is 1.55. The van der Waals surface area contributed by atoms with Crippen LogP contribution in [0.3, 0.4) is 0 Å². The normalized spacial score (nSPS) is 10.1. The highest BCUT2D eigenvalue weighted by Crippen LogP contribution is 2.23. The van der Waals surface area contributed by atoms with Crippen molar-refractivity contribution in [3.63, 3.8) is 0 Å². The minimum absolute atomic E-state index is 0.256. The number of methoxy groups -OCH3 is 1. The van der Waals surface area contributed by atoms with E-state index in [1.54, 1.807) is 54.8 Å². The van der Waals surface area contributed by atoms with Crippen LogP contribution in [0.1, 0.15) is 15.2 Å². The average Bonchev–Trinajstić information content (AvgIpc) is 3.21. The lowest BCUT2D eigenvalue weighted by Crippen LogP contribution is -2.27. The molecular formula is C20H19N3O3S. The SMILES string of the molecule is COc1ccccc1NC(=O)c1ccc(NC(=O)NCc2cccs2)cc1. The third-order valence-corrected chi connectivity index (χ3v) is 4.64. The molecule has 27 heavy (non-hydrogen) atoms. The fourth-order valence-corrected chi connectivity index (χ4v) is 3.05. The Hall–Kier alpha value is -3.32. The van der Waals surface area contributed by atoms with Crippen LogP contribution in [0.2, 0.25) is 0 Å². The Labute approximate surface area is 161 Å². The molecule has 138 valence electrons. The van der Waals surface area contributed by atoms with E-state index in [2.05, 4.69) is 16.0 Å². The van der Waals surface area contributed by atoms with E-state index in [0.29, 0.717) is 29.2 Å². The van der Waals surface area contributed by atoms with E-state index in [0.717, 1.165) is 4.88 Å². The van der Waals surface area contributed by atoms with Gasteiger partial charge in [0, 0.05) is 16.1 Å². The number of urea groups is 1. The summed E-state index contributed by atoms with van der Waals surface area (Å²) < 4.78 is 5.23. The topological polar surface area (TPSA) is 79.5 Å². The summed E-state index contributed by atoms with van der Waals surface area (Å²) in [6, 6.07) is 17.5. The molecular weight excluding hydrogens is 362 g/mol. The molecule has 3 aromatic rings. The van der Waals surface area contributed by atoms with Gasteiger partial charge in [0.1, 0.15) is 5.75 Å². The van der Waals surface area contributed by atoms with Crippen LogP contribution in [0.4, 0.5) is 16.2 Å². The van der Waals surface area contributed by atoms with E-state index in [9.17, 15) is 9.59 Å². The highest BCUT2D eigenvalue weighted by molar-refractivity contribution is 7.09. The van der Waals surface area contributed by atoms with Gasteiger partial charge in [-0.25, -0.2) is 4.79 Å². The van der Waals surface area contributed by atoms with Gasteiger partial charge in [0.25, 0.3) is 5.91 Å². The van der Waals surface area contributed by atoms with Gasteiger partial charge >= 0.3 is 6.03 Å². The Morgan fingerprint density at radius 3 is 2.44 bits per heavy atom. The van der Waals surface area contributed by atoms with Gasteiger partial charge in [0.2, 0.25) is 0 Å². The molecule has 1 heterocycles. The van der Waals surface area contributed by atoms with Crippen LogP contribution in [-0.4, -0.2) is 19.0 Å². The number of hydrogen-bond acceptors (Lipinski definition) is 4. The van der Waals surface area contributed by atoms with Gasteiger partial charge in [-0.1, -0.05) is 18.2 Å². The number of amides is 3. The average molecular weight is 381 g/mol. The number of benzene rings is 2. The number of rotatable bonds is 6. The predicted octanol–water partition coefficient (Wildman–Crippen LogP) is 4.33. The van der Waals surface area contributed by atoms with Crippen LogP contribution >= 0.6 is 11.3 Å². The number of para-hydroxylation sites is 2. The summed E-state index contributed by atoms with van der Waals surface area (Å²) in [5, 5.41) is 10.3. The van der Waals surface area contributed by atoms with E-state index < -0.39 is 0 Å². The molecule has 2 aromatic carbocycles. The zero-order chi connectivity index (χ0) is 19.1. The molecule has 1 aromatic heterocycles. The van der Waals surface area contributed by atoms with Gasteiger partial charge in [-0.15, -0.1) is 11.3 Å². The summed E-state index contributed by atoms with van der Waals surface area (Å²) >= 11 is 1.58. The van der Waals surface area contributed by atoms with E-state index in [4.69, 9.17) is 4.74 Å². The Bertz CT molecular complexity index is 908. The second-order valence-corrected chi connectivity index (χ2v) is 6.65. The second-order valence-electron chi connectivity index (χ2n) is 5.62. The molecule has 6 nitrogen and oxygen atoms in total. The van der Waals surface area contributed by atoms with E-state index >= 15 is 0 Å². The Morgan fingerprint density at radius 1 is 0.963 bits per heavy atom. The summed E-state index contributed by atoms with van der Waals surface area (Å²) in [6.07, 6.45) is 0. The van der Waals surface area contributed by atoms with Crippen molar-refractivity contribution < 1.29 is 14.3 Å². The number of nitrogens with one attached hydrogen (secondary N) is 3. The molecule has 0 unspecified atom stereocenters. The first kappa shape index (κ1) is 18.5. The van der Waals surface area contributed by atoms with E-state index in [-0.39, 0.29) is 11.9 Å². The lowest BCUT2D eigenvalue weighted by Gasteiger charge is -2.10. The van der Waals surface area contributed by atoms with E-state index in [1.807, 2.05) is 29.6 Å². The Kier molecular flexibility index (Phi) is 6.06. The molecule has 0 radical (unpaired) electrons. The molecule has 0 bridgehead atoms. The third kappa shape index (κ3) is 5.08. The molecule has 0 atom stereocenters. The molecule has 0 spiro atoms. The molecule has 0 saturated carbocycles. The van der Waals surface area contributed by atoms with E-state index in [1.165, 1.54) is 0 Å². The van der Waals surface area contributed by atoms with Gasteiger partial charge in [-0.3, -0.25) is 4.79 Å². The number of thiophene rings is 1. The smallest absolute Gasteiger partial charge is 0.319 e. The van der Waals surface area contributed by atoms with Crippen LogP contribution < -0.4 is 20.7 Å². The van der Waals surface area contributed by atoms with Crippen molar-refractivity contribution in [2.45, 2.75) is 6.54 Å². The fraction of sp³-hybridized carbons (Fsp3) is 0.100. The van der Waals surface area contributed by atoms with Gasteiger partial charge in [0.05, 0.1) is 19.3 Å². The molecule has 0 aliphatic carbocycles. The van der Waals surface area contributed by atoms with Crippen molar-refractivity contribution in [2.75, 3.05) is 17.7 Å². The minimum Gasteiger partial charge on any atom is -0.495 e. The highest BCUT2D eigenvalue weighted by atomic mass is 32.1. The summed E-state index contributed by atoms with van der Waals surface area (Å²) in [5.41, 5.74) is 1.68. The van der Waals surface area contributed by atoms with Crippen LogP contribution in [0.25, 0.3) is 0 Å². The maximum absolute atomic E-state index is 12.4. The highest BCUT2D eigenvalue weighted by Gasteiger charge is 2.10. The monoisotopic (exact) mass is 381 g/mol. The van der Waals surface area contributed by atoms with Crippen molar-refractivity contribution in [1.29, 1.82) is 0 Å². The lowest BCUT2D eigenvalue weighted by molar-refractivity contribution is 0.102. The van der Waals surface area contributed by atoms with Crippen molar-refractivity contribution in [2.24, 2.45) is 0 Å². The zero-order valence-corrected chi connectivity index (χ0v) is 15.5. The fourth-order valence-electron chi connectivity index (χ4n) is 2.40. The van der Waals surface area contributed by atoms with Crippen molar-refractivity contribution in [1.82, 2.24) is 5.32 Å². The molecule has 0 aliphatic rings. The molecule has 3 N–H and O–H groups in total. The molecule has 0 aliphatic heterocycles. The maximum Gasteiger partial charge on any atom is 0.319 e. The first-order valence-corrected chi connectivity index (χ1v) is 9.15.